The molecule has 1 heterocycles. The molecule has 0 saturated carbocycles. The fourth-order valence-corrected chi connectivity index (χ4v) is 4.51. The van der Waals surface area contributed by atoms with Crippen LogP contribution in [0.3, 0.4) is 0 Å². The number of benzene rings is 1. The van der Waals surface area contributed by atoms with Crippen LogP contribution in [0.25, 0.3) is 0 Å². The molecule has 1 aromatic carbocycles. The maximum atomic E-state index is 12.4. The highest BCUT2D eigenvalue weighted by atomic mass is 79.9. The Labute approximate surface area is 162 Å². The predicted octanol–water partition coefficient (Wildman–Crippen LogP) is 2.99. The molecule has 1 aliphatic rings. The van der Waals surface area contributed by atoms with E-state index in [-0.39, 0.29) is 23.0 Å². The molecule has 1 aliphatic heterocycles. The molecular weight excluding hydrogens is 410 g/mol. The molecule has 2 rings (SSSR count). The summed E-state index contributed by atoms with van der Waals surface area (Å²) in [5.74, 6) is -0.306. The quantitative estimate of drug-likeness (QED) is 0.628. The number of hydrogen-bond acceptors (Lipinski definition) is 2. The largest absolute Gasteiger partial charge is 0.359 e. The minimum Gasteiger partial charge on any atom is -0.359 e. The summed E-state index contributed by atoms with van der Waals surface area (Å²) in [5, 5.41) is 9.16. The average molecular weight is 434 g/mol. The summed E-state index contributed by atoms with van der Waals surface area (Å²) < 4.78 is 0.794. The van der Waals surface area contributed by atoms with Crippen molar-refractivity contribution >= 4 is 50.8 Å². The second kappa shape index (κ2) is 7.28. The summed E-state index contributed by atoms with van der Waals surface area (Å²) >= 11 is 14.8. The van der Waals surface area contributed by atoms with Gasteiger partial charge in [-0.25, -0.2) is 0 Å². The van der Waals surface area contributed by atoms with Gasteiger partial charge in [-0.1, -0.05) is 27.5 Å². The van der Waals surface area contributed by atoms with Gasteiger partial charge in [0.25, 0.3) is 5.91 Å². The monoisotopic (exact) mass is 432 g/mol. The molecule has 1 fully saturated rings. The zero-order valence-corrected chi connectivity index (χ0v) is 17.5. The lowest BCUT2D eigenvalue weighted by molar-refractivity contribution is -0.787. The third kappa shape index (κ3) is 5.41. The summed E-state index contributed by atoms with van der Waals surface area (Å²) in [6, 6.07) is 5.38. The van der Waals surface area contributed by atoms with Crippen molar-refractivity contribution < 1.29 is 10.1 Å². The van der Waals surface area contributed by atoms with Crippen LogP contribution in [-0.4, -0.2) is 28.1 Å². The molecule has 0 radical (unpaired) electrons. The SMILES string of the molecule is CC1(C)CC(NC(=S)NC(=O)c2cc(Br)ccc2Cl)CC(C)(C)[NH2+]1. The molecule has 1 saturated heterocycles. The van der Waals surface area contributed by atoms with E-state index in [1.54, 1.807) is 18.2 Å². The summed E-state index contributed by atoms with van der Waals surface area (Å²) in [7, 11) is 0. The van der Waals surface area contributed by atoms with Crippen molar-refractivity contribution in [3.63, 3.8) is 0 Å². The zero-order valence-electron chi connectivity index (χ0n) is 14.4. The number of thiocarbonyl (C=S) groups is 1. The maximum absolute atomic E-state index is 12.4. The van der Waals surface area contributed by atoms with E-state index in [9.17, 15) is 4.79 Å². The highest BCUT2D eigenvalue weighted by Gasteiger charge is 2.41. The molecule has 0 atom stereocenters. The molecule has 0 aliphatic carbocycles. The van der Waals surface area contributed by atoms with E-state index in [1.807, 2.05) is 0 Å². The molecule has 1 aromatic rings. The molecule has 0 bridgehead atoms. The number of quaternary nitrogens is 1. The topological polar surface area (TPSA) is 57.7 Å². The average Bonchev–Trinajstić information content (AvgIpc) is 2.37. The lowest BCUT2D eigenvalue weighted by Gasteiger charge is -2.43. The Balaban J connectivity index is 2.00. The lowest BCUT2D eigenvalue weighted by atomic mass is 9.80. The van der Waals surface area contributed by atoms with Gasteiger partial charge in [-0.2, -0.15) is 0 Å². The zero-order chi connectivity index (χ0) is 18.1. The molecule has 0 aromatic heterocycles. The van der Waals surface area contributed by atoms with E-state index < -0.39 is 0 Å². The number of carbonyl (C=O) groups is 1. The molecule has 4 nitrogen and oxygen atoms in total. The van der Waals surface area contributed by atoms with E-state index in [0.717, 1.165) is 17.3 Å². The van der Waals surface area contributed by atoms with E-state index in [0.29, 0.717) is 15.7 Å². The van der Waals surface area contributed by atoms with Crippen LogP contribution in [0.2, 0.25) is 5.02 Å². The maximum Gasteiger partial charge on any atom is 0.258 e. The summed E-state index contributed by atoms with van der Waals surface area (Å²) in [6.07, 6.45) is 1.95. The van der Waals surface area contributed by atoms with Gasteiger partial charge in [-0.3, -0.25) is 10.1 Å². The Morgan fingerprint density at radius 1 is 1.29 bits per heavy atom. The van der Waals surface area contributed by atoms with Gasteiger partial charge >= 0.3 is 0 Å². The van der Waals surface area contributed by atoms with Crippen LogP contribution in [0.5, 0.6) is 0 Å². The van der Waals surface area contributed by atoms with E-state index in [4.69, 9.17) is 23.8 Å². The van der Waals surface area contributed by atoms with Crippen molar-refractivity contribution in [1.82, 2.24) is 10.6 Å². The Hall–Kier alpha value is -0.690. The number of hydrogen-bond donors (Lipinski definition) is 3. The van der Waals surface area contributed by atoms with Crippen molar-refractivity contribution in [1.29, 1.82) is 0 Å². The number of rotatable bonds is 2. The lowest BCUT2D eigenvalue weighted by Crippen LogP contribution is -3.06. The first-order valence-corrected chi connectivity index (χ1v) is 9.49. The fraction of sp³-hybridized carbons (Fsp3) is 0.529. The molecule has 4 N–H and O–H groups in total. The number of nitrogens with two attached hydrogens (primary N) is 1. The van der Waals surface area contributed by atoms with Crippen molar-refractivity contribution in [2.45, 2.75) is 57.7 Å². The van der Waals surface area contributed by atoms with E-state index in [1.165, 1.54) is 0 Å². The van der Waals surface area contributed by atoms with Gasteiger partial charge in [0.1, 0.15) is 0 Å². The number of halogens is 2. The summed E-state index contributed by atoms with van der Waals surface area (Å²) in [4.78, 5) is 12.4. The molecule has 0 unspecified atom stereocenters. The van der Waals surface area contributed by atoms with Crippen molar-refractivity contribution in [2.24, 2.45) is 0 Å². The van der Waals surface area contributed by atoms with Crippen molar-refractivity contribution in [3.05, 3.63) is 33.3 Å². The van der Waals surface area contributed by atoms with Gasteiger partial charge in [0, 0.05) is 23.4 Å². The molecule has 132 valence electrons. The Morgan fingerprint density at radius 2 is 1.88 bits per heavy atom. The third-order valence-corrected chi connectivity index (χ3v) is 5.10. The number of carbonyl (C=O) groups excluding carboxylic acids is 1. The molecular formula is C17H24BrClN3OS+. The van der Waals surface area contributed by atoms with Gasteiger partial charge in [0.05, 0.1) is 21.7 Å². The summed E-state index contributed by atoms with van der Waals surface area (Å²) in [6.45, 7) is 8.91. The van der Waals surface area contributed by atoms with Crippen LogP contribution in [0.1, 0.15) is 50.9 Å². The minimum absolute atomic E-state index is 0.132. The van der Waals surface area contributed by atoms with Gasteiger partial charge in [-0.15, -0.1) is 0 Å². The highest BCUT2D eigenvalue weighted by Crippen LogP contribution is 2.22. The van der Waals surface area contributed by atoms with Gasteiger partial charge in [0.2, 0.25) is 0 Å². The van der Waals surface area contributed by atoms with Crippen LogP contribution < -0.4 is 16.0 Å². The molecule has 1 amide bonds. The van der Waals surface area contributed by atoms with Gasteiger partial charge in [-0.05, 0) is 58.1 Å². The number of amides is 1. The first-order chi connectivity index (χ1) is 11.0. The standard InChI is InChI=1S/C17H23BrClN3OS/c1-16(2)8-11(9-17(3,4)22-16)20-15(24)21-14(23)12-7-10(18)5-6-13(12)19/h5-7,11,22H,8-9H2,1-4H3,(H2,20,21,23,24)/p+1. The van der Waals surface area contributed by atoms with Crippen LogP contribution in [0.4, 0.5) is 0 Å². The second-order valence-electron chi connectivity index (χ2n) is 7.78. The highest BCUT2D eigenvalue weighted by molar-refractivity contribution is 9.10. The normalized spacial score (nSPS) is 19.6. The van der Waals surface area contributed by atoms with Gasteiger partial charge < -0.3 is 10.6 Å². The predicted molar refractivity (Wildman–Crippen MR) is 105 cm³/mol. The fourth-order valence-electron chi connectivity index (χ4n) is 3.68. The van der Waals surface area contributed by atoms with Crippen molar-refractivity contribution in [3.8, 4) is 0 Å². The van der Waals surface area contributed by atoms with Gasteiger partial charge in [0.15, 0.2) is 5.11 Å². The van der Waals surface area contributed by atoms with Crippen molar-refractivity contribution in [2.75, 3.05) is 0 Å². The number of nitrogens with one attached hydrogen (secondary N) is 2. The third-order valence-electron chi connectivity index (χ3n) is 4.06. The Morgan fingerprint density at radius 3 is 2.46 bits per heavy atom. The Kier molecular flexibility index (Phi) is 5.95. The van der Waals surface area contributed by atoms with E-state index >= 15 is 0 Å². The number of piperidine rings is 1. The minimum atomic E-state index is -0.306. The Bertz CT molecular complexity index is 647. The first-order valence-electron chi connectivity index (χ1n) is 7.91. The molecule has 24 heavy (non-hydrogen) atoms. The summed E-state index contributed by atoms with van der Waals surface area (Å²) in [5.41, 5.74) is 0.659. The van der Waals surface area contributed by atoms with Crippen LogP contribution in [-0.2, 0) is 0 Å². The van der Waals surface area contributed by atoms with Crippen LogP contribution >= 0.6 is 39.7 Å². The smallest absolute Gasteiger partial charge is 0.258 e. The van der Waals surface area contributed by atoms with Crippen LogP contribution in [0, 0.1) is 0 Å². The molecule has 0 spiro atoms. The van der Waals surface area contributed by atoms with E-state index in [2.05, 4.69) is 59.6 Å². The van der Waals surface area contributed by atoms with Crippen LogP contribution in [0.15, 0.2) is 22.7 Å². The first kappa shape index (κ1) is 19.6. The second-order valence-corrected chi connectivity index (χ2v) is 9.51. The molecule has 7 heteroatoms.